The standard InChI is InChI=1S/C15H22N4O/c16-15(18-20)13-10-12(7-8-17-13)19-9-3-5-11-4-1-2-6-14(11)19/h7-8,10-11,14,20H,1-6,9H2,(H2,16,18). The number of nitrogens with zero attached hydrogens (tertiary/aromatic N) is 3. The van der Waals surface area contributed by atoms with Crippen molar-refractivity contribution >= 4 is 11.5 Å². The summed E-state index contributed by atoms with van der Waals surface area (Å²) in [5, 5.41) is 11.8. The van der Waals surface area contributed by atoms with E-state index in [1.165, 1.54) is 38.5 Å². The van der Waals surface area contributed by atoms with Gasteiger partial charge in [0.25, 0.3) is 0 Å². The molecule has 108 valence electrons. The third kappa shape index (κ3) is 2.44. The maximum absolute atomic E-state index is 8.79. The predicted molar refractivity (Wildman–Crippen MR) is 79.1 cm³/mol. The third-order valence-corrected chi connectivity index (χ3v) is 4.69. The molecule has 2 aliphatic rings. The van der Waals surface area contributed by atoms with Crippen molar-refractivity contribution in [3.05, 3.63) is 24.0 Å². The number of nitrogens with two attached hydrogens (primary N) is 1. The summed E-state index contributed by atoms with van der Waals surface area (Å²) in [4.78, 5) is 6.67. The zero-order valence-electron chi connectivity index (χ0n) is 11.7. The fourth-order valence-electron chi connectivity index (χ4n) is 3.73. The monoisotopic (exact) mass is 274 g/mol. The molecule has 5 nitrogen and oxygen atoms in total. The van der Waals surface area contributed by atoms with Gasteiger partial charge in [0.15, 0.2) is 5.84 Å². The summed E-state index contributed by atoms with van der Waals surface area (Å²) in [6.45, 7) is 1.10. The van der Waals surface area contributed by atoms with Gasteiger partial charge in [0.1, 0.15) is 5.69 Å². The minimum absolute atomic E-state index is 0.0732. The largest absolute Gasteiger partial charge is 0.409 e. The average molecular weight is 274 g/mol. The molecule has 1 saturated carbocycles. The van der Waals surface area contributed by atoms with Crippen LogP contribution in [0.25, 0.3) is 0 Å². The van der Waals surface area contributed by atoms with Gasteiger partial charge in [-0.05, 0) is 43.7 Å². The fourth-order valence-corrected chi connectivity index (χ4v) is 3.73. The lowest BCUT2D eigenvalue weighted by Crippen LogP contribution is -2.47. The van der Waals surface area contributed by atoms with Gasteiger partial charge in [0.05, 0.1) is 0 Å². The molecule has 0 bridgehead atoms. The molecule has 1 aliphatic carbocycles. The minimum Gasteiger partial charge on any atom is -0.409 e. The van der Waals surface area contributed by atoms with Crippen molar-refractivity contribution in [1.82, 2.24) is 4.98 Å². The Hall–Kier alpha value is -1.78. The molecule has 20 heavy (non-hydrogen) atoms. The second-order valence-electron chi connectivity index (χ2n) is 5.83. The molecule has 1 aliphatic heterocycles. The number of fused-ring (bicyclic) bond motifs is 1. The number of oxime groups is 1. The van der Waals surface area contributed by atoms with Crippen LogP contribution >= 0.6 is 0 Å². The quantitative estimate of drug-likeness (QED) is 0.376. The second-order valence-corrected chi connectivity index (χ2v) is 5.83. The van der Waals surface area contributed by atoms with Gasteiger partial charge in [-0.3, -0.25) is 4.98 Å². The molecular formula is C15H22N4O. The third-order valence-electron chi connectivity index (χ3n) is 4.69. The van der Waals surface area contributed by atoms with E-state index in [0.29, 0.717) is 11.7 Å². The molecule has 0 amide bonds. The van der Waals surface area contributed by atoms with E-state index < -0.39 is 0 Å². The van der Waals surface area contributed by atoms with Crippen molar-refractivity contribution in [2.75, 3.05) is 11.4 Å². The van der Waals surface area contributed by atoms with Crippen molar-refractivity contribution < 1.29 is 5.21 Å². The Kier molecular flexibility index (Phi) is 3.76. The first-order chi connectivity index (χ1) is 9.79. The maximum atomic E-state index is 8.79. The van der Waals surface area contributed by atoms with Crippen LogP contribution in [0.3, 0.4) is 0 Å². The molecule has 0 aromatic carbocycles. The number of hydrogen-bond acceptors (Lipinski definition) is 4. The molecule has 1 saturated heterocycles. The molecule has 3 N–H and O–H groups in total. The number of amidine groups is 1. The van der Waals surface area contributed by atoms with Gasteiger partial charge in [0.2, 0.25) is 0 Å². The molecule has 1 aromatic heterocycles. The maximum Gasteiger partial charge on any atom is 0.188 e. The first-order valence-corrected chi connectivity index (χ1v) is 7.50. The lowest BCUT2D eigenvalue weighted by Gasteiger charge is -2.45. The van der Waals surface area contributed by atoms with E-state index >= 15 is 0 Å². The highest BCUT2D eigenvalue weighted by Crippen LogP contribution is 2.37. The highest BCUT2D eigenvalue weighted by atomic mass is 16.4. The first-order valence-electron chi connectivity index (χ1n) is 7.50. The summed E-state index contributed by atoms with van der Waals surface area (Å²) in [6, 6.07) is 4.62. The number of rotatable bonds is 2. The van der Waals surface area contributed by atoms with Crippen LogP contribution in [-0.2, 0) is 0 Å². The smallest absolute Gasteiger partial charge is 0.188 e. The summed E-state index contributed by atoms with van der Waals surface area (Å²) < 4.78 is 0. The van der Waals surface area contributed by atoms with Gasteiger partial charge >= 0.3 is 0 Å². The van der Waals surface area contributed by atoms with Gasteiger partial charge < -0.3 is 15.8 Å². The Bertz CT molecular complexity index is 500. The van der Waals surface area contributed by atoms with Gasteiger partial charge in [-0.2, -0.15) is 0 Å². The Labute approximate surface area is 119 Å². The van der Waals surface area contributed by atoms with Crippen LogP contribution in [0, 0.1) is 5.92 Å². The molecule has 1 aromatic rings. The Morgan fingerprint density at radius 3 is 2.95 bits per heavy atom. The van der Waals surface area contributed by atoms with Gasteiger partial charge in [-0.25, -0.2) is 0 Å². The van der Waals surface area contributed by atoms with Crippen LogP contribution in [0.4, 0.5) is 5.69 Å². The van der Waals surface area contributed by atoms with E-state index in [9.17, 15) is 0 Å². The normalized spacial score (nSPS) is 27.2. The van der Waals surface area contributed by atoms with Gasteiger partial charge in [0, 0.05) is 24.5 Å². The lowest BCUT2D eigenvalue weighted by molar-refractivity contribution is 0.244. The summed E-state index contributed by atoms with van der Waals surface area (Å²) in [6.07, 6.45) is 9.71. The summed E-state index contributed by atoms with van der Waals surface area (Å²) in [7, 11) is 0. The minimum atomic E-state index is 0.0732. The predicted octanol–water partition coefficient (Wildman–Crippen LogP) is 2.34. The number of hydrogen-bond donors (Lipinski definition) is 2. The molecule has 3 rings (SSSR count). The Balaban J connectivity index is 1.87. The highest BCUT2D eigenvalue weighted by Gasteiger charge is 2.33. The van der Waals surface area contributed by atoms with Crippen LogP contribution in [0.1, 0.15) is 44.2 Å². The van der Waals surface area contributed by atoms with E-state index in [-0.39, 0.29) is 5.84 Å². The van der Waals surface area contributed by atoms with Crippen LogP contribution in [0.5, 0.6) is 0 Å². The average Bonchev–Trinajstić information content (AvgIpc) is 2.53. The van der Waals surface area contributed by atoms with Crippen molar-refractivity contribution in [1.29, 1.82) is 0 Å². The van der Waals surface area contributed by atoms with Crippen LogP contribution in [0.15, 0.2) is 23.5 Å². The zero-order valence-corrected chi connectivity index (χ0v) is 11.7. The van der Waals surface area contributed by atoms with E-state index in [1.807, 2.05) is 12.1 Å². The molecule has 2 unspecified atom stereocenters. The Morgan fingerprint density at radius 2 is 2.10 bits per heavy atom. The van der Waals surface area contributed by atoms with Crippen molar-refractivity contribution in [3.63, 3.8) is 0 Å². The van der Waals surface area contributed by atoms with Crippen LogP contribution < -0.4 is 10.6 Å². The first kappa shape index (κ1) is 13.2. The topological polar surface area (TPSA) is 74.7 Å². The molecule has 5 heteroatoms. The molecule has 2 fully saturated rings. The van der Waals surface area contributed by atoms with Crippen molar-refractivity contribution in [3.8, 4) is 0 Å². The van der Waals surface area contributed by atoms with Crippen LogP contribution in [-0.4, -0.2) is 28.6 Å². The van der Waals surface area contributed by atoms with E-state index in [0.717, 1.165) is 18.2 Å². The zero-order chi connectivity index (χ0) is 13.9. The highest BCUT2D eigenvalue weighted by molar-refractivity contribution is 5.95. The van der Waals surface area contributed by atoms with E-state index in [2.05, 4.69) is 15.0 Å². The van der Waals surface area contributed by atoms with E-state index in [1.54, 1.807) is 6.20 Å². The number of piperidine rings is 1. The van der Waals surface area contributed by atoms with Gasteiger partial charge in [-0.1, -0.05) is 18.0 Å². The Morgan fingerprint density at radius 1 is 1.30 bits per heavy atom. The van der Waals surface area contributed by atoms with Crippen molar-refractivity contribution in [2.24, 2.45) is 16.8 Å². The summed E-state index contributed by atoms with van der Waals surface area (Å²) >= 11 is 0. The number of anilines is 1. The summed E-state index contributed by atoms with van der Waals surface area (Å²) in [5.41, 5.74) is 7.34. The number of pyridine rings is 1. The molecular weight excluding hydrogens is 252 g/mol. The summed E-state index contributed by atoms with van der Waals surface area (Å²) in [5.74, 6) is 0.905. The SMILES string of the molecule is NC(=NO)c1cc(N2CCCC3CCCCC32)ccn1. The van der Waals surface area contributed by atoms with Crippen molar-refractivity contribution in [2.45, 2.75) is 44.6 Å². The van der Waals surface area contributed by atoms with E-state index in [4.69, 9.17) is 10.9 Å². The van der Waals surface area contributed by atoms with Gasteiger partial charge in [-0.15, -0.1) is 0 Å². The molecule has 0 radical (unpaired) electrons. The van der Waals surface area contributed by atoms with Crippen LogP contribution in [0.2, 0.25) is 0 Å². The molecule has 0 spiro atoms. The number of aromatic nitrogens is 1. The molecule has 2 atom stereocenters. The second kappa shape index (κ2) is 5.69. The molecule has 2 heterocycles. The fraction of sp³-hybridized carbons (Fsp3) is 0.600. The lowest BCUT2D eigenvalue weighted by atomic mass is 9.78.